The van der Waals surface area contributed by atoms with Gasteiger partial charge in [0.25, 0.3) is 0 Å². The molecule has 28 heavy (non-hydrogen) atoms. The van der Waals surface area contributed by atoms with Crippen LogP contribution in [0.5, 0.6) is 23.0 Å². The molecule has 0 saturated carbocycles. The highest BCUT2D eigenvalue weighted by atomic mass is 16.7. The molecule has 3 aliphatic heterocycles. The Morgan fingerprint density at radius 1 is 0.893 bits per heavy atom. The molecule has 0 radical (unpaired) electrons. The fourth-order valence-electron chi connectivity index (χ4n) is 4.42. The Morgan fingerprint density at radius 3 is 2.46 bits per heavy atom. The van der Waals surface area contributed by atoms with E-state index >= 15 is 0 Å². The summed E-state index contributed by atoms with van der Waals surface area (Å²) in [6.45, 7) is 0.726. The second-order valence-electron chi connectivity index (χ2n) is 7.17. The number of ether oxygens (including phenoxy) is 6. The molecule has 0 unspecified atom stereocenters. The van der Waals surface area contributed by atoms with E-state index in [-0.39, 0.29) is 30.8 Å². The third kappa shape index (κ3) is 2.70. The van der Waals surface area contributed by atoms with E-state index < -0.39 is 6.29 Å². The molecule has 2 aromatic carbocycles. The minimum absolute atomic E-state index is 0.0310. The number of aliphatic hydroxyl groups is 1. The third-order valence-corrected chi connectivity index (χ3v) is 5.78. The molecule has 0 aromatic heterocycles. The summed E-state index contributed by atoms with van der Waals surface area (Å²) < 4.78 is 33.6. The Morgan fingerprint density at radius 2 is 1.64 bits per heavy atom. The second kappa shape index (κ2) is 6.84. The number of hydrogen-bond donors (Lipinski definition) is 1. The van der Waals surface area contributed by atoms with Crippen molar-refractivity contribution in [1.82, 2.24) is 0 Å². The van der Waals surface area contributed by atoms with Crippen LogP contribution >= 0.6 is 0 Å². The highest BCUT2D eigenvalue weighted by Crippen LogP contribution is 2.54. The van der Waals surface area contributed by atoms with Crippen LogP contribution in [-0.2, 0) is 9.47 Å². The smallest absolute Gasteiger partial charge is 0.231 e. The lowest BCUT2D eigenvalue weighted by atomic mass is 9.84. The normalized spacial score (nSPS) is 30.3. The SMILES string of the molecule is COc1ccc([C@H]2O[C@@H](O)[C@H]3[C@@H]2CO[C@@H]3c2ccc3c(c2)OCO3)cc1OC. The van der Waals surface area contributed by atoms with Crippen molar-refractivity contribution in [1.29, 1.82) is 0 Å². The predicted octanol–water partition coefficient (Wildman–Crippen LogP) is 2.83. The Balaban J connectivity index is 1.43. The van der Waals surface area contributed by atoms with Crippen LogP contribution in [0.4, 0.5) is 0 Å². The van der Waals surface area contributed by atoms with Crippen LogP contribution in [0.2, 0.25) is 0 Å². The number of methoxy groups -OCH3 is 2. The minimum atomic E-state index is -0.916. The number of hydrogen-bond acceptors (Lipinski definition) is 7. The predicted molar refractivity (Wildman–Crippen MR) is 97.6 cm³/mol. The van der Waals surface area contributed by atoms with E-state index in [4.69, 9.17) is 28.4 Å². The molecule has 1 N–H and O–H groups in total. The van der Waals surface area contributed by atoms with Crippen molar-refractivity contribution in [3.8, 4) is 23.0 Å². The summed E-state index contributed by atoms with van der Waals surface area (Å²) in [6, 6.07) is 11.4. The lowest BCUT2D eigenvalue weighted by Gasteiger charge is -2.20. The zero-order valence-electron chi connectivity index (χ0n) is 15.7. The molecule has 3 heterocycles. The lowest BCUT2D eigenvalue weighted by molar-refractivity contribution is -0.134. The first-order valence-corrected chi connectivity index (χ1v) is 9.26. The van der Waals surface area contributed by atoms with Crippen molar-refractivity contribution in [2.75, 3.05) is 27.6 Å². The summed E-state index contributed by atoms with van der Waals surface area (Å²) >= 11 is 0. The quantitative estimate of drug-likeness (QED) is 0.866. The van der Waals surface area contributed by atoms with Crippen molar-refractivity contribution in [2.45, 2.75) is 18.5 Å². The maximum Gasteiger partial charge on any atom is 0.231 e. The van der Waals surface area contributed by atoms with Gasteiger partial charge in [-0.05, 0) is 35.4 Å². The molecular formula is C21H22O7. The van der Waals surface area contributed by atoms with Gasteiger partial charge < -0.3 is 33.5 Å². The van der Waals surface area contributed by atoms with Gasteiger partial charge in [0.15, 0.2) is 29.3 Å². The lowest BCUT2D eigenvalue weighted by Crippen LogP contribution is -2.22. The molecule has 7 heteroatoms. The largest absolute Gasteiger partial charge is 0.493 e. The molecule has 3 aliphatic rings. The number of rotatable bonds is 4. The summed E-state index contributed by atoms with van der Waals surface area (Å²) in [5, 5.41) is 10.7. The van der Waals surface area contributed by atoms with Crippen LogP contribution in [0.15, 0.2) is 36.4 Å². The summed E-state index contributed by atoms with van der Waals surface area (Å²) in [6.07, 6.45) is -1.46. The molecule has 0 amide bonds. The summed E-state index contributed by atoms with van der Waals surface area (Å²) in [5.74, 6) is 2.58. The zero-order chi connectivity index (χ0) is 19.3. The van der Waals surface area contributed by atoms with E-state index in [0.717, 1.165) is 16.9 Å². The van der Waals surface area contributed by atoms with Crippen molar-refractivity contribution < 1.29 is 33.5 Å². The Hall–Kier alpha value is -2.48. The molecule has 0 bridgehead atoms. The Labute approximate surface area is 162 Å². The maximum atomic E-state index is 10.7. The van der Waals surface area contributed by atoms with E-state index in [2.05, 4.69) is 0 Å². The topological polar surface area (TPSA) is 75.6 Å². The van der Waals surface area contributed by atoms with Crippen LogP contribution in [0.3, 0.4) is 0 Å². The Kier molecular flexibility index (Phi) is 4.30. The summed E-state index contributed by atoms with van der Waals surface area (Å²) in [7, 11) is 3.20. The van der Waals surface area contributed by atoms with Gasteiger partial charge in [-0.15, -0.1) is 0 Å². The van der Waals surface area contributed by atoms with E-state index in [1.165, 1.54) is 0 Å². The van der Waals surface area contributed by atoms with Crippen LogP contribution in [0.25, 0.3) is 0 Å². The molecule has 2 saturated heterocycles. The van der Waals surface area contributed by atoms with Gasteiger partial charge in [0.2, 0.25) is 6.79 Å². The summed E-state index contributed by atoms with van der Waals surface area (Å²) in [5.41, 5.74) is 1.88. The second-order valence-corrected chi connectivity index (χ2v) is 7.17. The average molecular weight is 386 g/mol. The van der Waals surface area contributed by atoms with Crippen molar-refractivity contribution in [3.05, 3.63) is 47.5 Å². The van der Waals surface area contributed by atoms with E-state index in [9.17, 15) is 5.11 Å². The number of aliphatic hydroxyl groups excluding tert-OH is 1. The number of benzene rings is 2. The average Bonchev–Trinajstić information content (AvgIpc) is 3.43. The summed E-state index contributed by atoms with van der Waals surface area (Å²) in [4.78, 5) is 0. The van der Waals surface area contributed by atoms with E-state index in [0.29, 0.717) is 23.9 Å². The van der Waals surface area contributed by atoms with Gasteiger partial charge in [0.1, 0.15) is 0 Å². The standard InChI is InChI=1S/C21H22O7/c1-23-14-5-3-11(7-16(14)24-2)19-13-9-25-20(18(13)21(22)28-19)12-4-6-15-17(8-12)27-10-26-15/h3-8,13,18-22H,9-10H2,1-2H3/t13-,18-,19+,20+,21+/m0/s1. The van der Waals surface area contributed by atoms with Gasteiger partial charge in [-0.1, -0.05) is 12.1 Å². The molecule has 2 aromatic rings. The van der Waals surface area contributed by atoms with Gasteiger partial charge in [0, 0.05) is 11.8 Å². The van der Waals surface area contributed by atoms with Gasteiger partial charge in [-0.25, -0.2) is 0 Å². The third-order valence-electron chi connectivity index (χ3n) is 5.78. The van der Waals surface area contributed by atoms with E-state index in [1.807, 2.05) is 36.4 Å². The highest BCUT2D eigenvalue weighted by Gasteiger charge is 2.53. The molecule has 0 spiro atoms. The van der Waals surface area contributed by atoms with Crippen molar-refractivity contribution in [3.63, 3.8) is 0 Å². The van der Waals surface area contributed by atoms with Gasteiger partial charge >= 0.3 is 0 Å². The molecule has 5 rings (SSSR count). The maximum absolute atomic E-state index is 10.7. The molecule has 7 nitrogen and oxygen atoms in total. The molecular weight excluding hydrogens is 364 g/mol. The molecule has 0 aliphatic carbocycles. The van der Waals surface area contributed by atoms with Gasteiger partial charge in [-0.2, -0.15) is 0 Å². The van der Waals surface area contributed by atoms with Gasteiger partial charge in [-0.3, -0.25) is 0 Å². The van der Waals surface area contributed by atoms with Crippen LogP contribution in [0.1, 0.15) is 23.3 Å². The monoisotopic (exact) mass is 386 g/mol. The first-order chi connectivity index (χ1) is 13.7. The van der Waals surface area contributed by atoms with Crippen LogP contribution in [-0.4, -0.2) is 39.0 Å². The fraction of sp³-hybridized carbons (Fsp3) is 0.429. The number of fused-ring (bicyclic) bond motifs is 2. The molecule has 2 fully saturated rings. The van der Waals surface area contributed by atoms with E-state index in [1.54, 1.807) is 14.2 Å². The van der Waals surface area contributed by atoms with Gasteiger partial charge in [0.05, 0.1) is 33.0 Å². The van der Waals surface area contributed by atoms with Crippen LogP contribution < -0.4 is 18.9 Å². The first-order valence-electron chi connectivity index (χ1n) is 9.26. The molecule has 5 atom stereocenters. The first kappa shape index (κ1) is 17.6. The minimum Gasteiger partial charge on any atom is -0.493 e. The van der Waals surface area contributed by atoms with Crippen molar-refractivity contribution in [2.24, 2.45) is 11.8 Å². The van der Waals surface area contributed by atoms with Crippen molar-refractivity contribution >= 4 is 0 Å². The molecule has 148 valence electrons. The Bertz CT molecular complexity index is 883. The van der Waals surface area contributed by atoms with Crippen LogP contribution in [0, 0.1) is 11.8 Å². The zero-order valence-corrected chi connectivity index (χ0v) is 15.7. The fourth-order valence-corrected chi connectivity index (χ4v) is 4.42. The highest BCUT2D eigenvalue weighted by molar-refractivity contribution is 5.46.